The van der Waals surface area contributed by atoms with Crippen LogP contribution in [0.25, 0.3) is 0 Å². The first kappa shape index (κ1) is 11.5. The molecule has 6 heteroatoms. The Labute approximate surface area is 103 Å². The lowest BCUT2D eigenvalue weighted by Crippen LogP contribution is -2.12. The second kappa shape index (κ2) is 4.92. The average molecular weight is 248 g/mol. The first-order valence-electron chi connectivity index (χ1n) is 5.06. The largest absolute Gasteiger partial charge is 0.373 e. The smallest absolute Gasteiger partial charge is 0.257 e. The van der Waals surface area contributed by atoms with Gasteiger partial charge in [-0.05, 0) is 19.1 Å². The topological polar surface area (TPSA) is 66.9 Å². The molecule has 0 unspecified atom stereocenters. The summed E-state index contributed by atoms with van der Waals surface area (Å²) < 4.78 is 0. The van der Waals surface area contributed by atoms with Gasteiger partial charge in [-0.15, -0.1) is 11.3 Å². The first-order chi connectivity index (χ1) is 8.19. The maximum Gasteiger partial charge on any atom is 0.257 e. The van der Waals surface area contributed by atoms with Crippen molar-refractivity contribution in [3.05, 3.63) is 35.0 Å². The third kappa shape index (κ3) is 2.79. The molecule has 2 aromatic rings. The Kier molecular flexibility index (Phi) is 3.34. The lowest BCUT2D eigenvalue weighted by molar-refractivity contribution is 0.102. The van der Waals surface area contributed by atoms with Crippen LogP contribution in [0.2, 0.25) is 0 Å². The minimum Gasteiger partial charge on any atom is -0.373 e. The number of rotatable bonds is 3. The summed E-state index contributed by atoms with van der Waals surface area (Å²) in [4.78, 5) is 20.1. The molecule has 2 heterocycles. The van der Waals surface area contributed by atoms with E-state index in [9.17, 15) is 4.79 Å². The fourth-order valence-corrected chi connectivity index (χ4v) is 1.97. The average Bonchev–Trinajstić information content (AvgIpc) is 2.75. The van der Waals surface area contributed by atoms with Gasteiger partial charge >= 0.3 is 0 Å². The molecule has 0 saturated carbocycles. The van der Waals surface area contributed by atoms with Crippen molar-refractivity contribution >= 4 is 28.2 Å². The van der Waals surface area contributed by atoms with Gasteiger partial charge in [0.05, 0.1) is 5.69 Å². The van der Waals surface area contributed by atoms with Gasteiger partial charge in [0.25, 0.3) is 5.91 Å². The number of hydrogen-bond donors (Lipinski definition) is 2. The van der Waals surface area contributed by atoms with Crippen LogP contribution in [0.5, 0.6) is 0 Å². The van der Waals surface area contributed by atoms with E-state index in [1.807, 2.05) is 12.3 Å². The van der Waals surface area contributed by atoms with E-state index in [1.54, 1.807) is 25.4 Å². The van der Waals surface area contributed by atoms with Crippen molar-refractivity contribution in [2.75, 3.05) is 17.7 Å². The molecule has 2 aromatic heterocycles. The van der Waals surface area contributed by atoms with E-state index in [-0.39, 0.29) is 5.91 Å². The maximum atomic E-state index is 11.9. The number of nitrogens with one attached hydrogen (secondary N) is 2. The molecule has 0 atom stereocenters. The van der Waals surface area contributed by atoms with Crippen molar-refractivity contribution in [1.29, 1.82) is 0 Å². The summed E-state index contributed by atoms with van der Waals surface area (Å²) >= 11 is 1.41. The summed E-state index contributed by atoms with van der Waals surface area (Å²) in [6.07, 6.45) is 1.59. The Morgan fingerprint density at radius 3 is 2.94 bits per heavy atom. The number of anilines is 2. The molecule has 17 heavy (non-hydrogen) atoms. The highest BCUT2D eigenvalue weighted by molar-refractivity contribution is 7.13. The molecule has 0 aromatic carbocycles. The molecule has 2 N–H and O–H groups in total. The van der Waals surface area contributed by atoms with E-state index in [2.05, 4.69) is 20.6 Å². The number of aryl methyl sites for hydroxylation is 1. The number of carbonyl (C=O) groups excluding carboxylic acids is 1. The number of thiazole rings is 1. The molecule has 5 nitrogen and oxygen atoms in total. The van der Waals surface area contributed by atoms with Gasteiger partial charge in [0.2, 0.25) is 0 Å². The van der Waals surface area contributed by atoms with Crippen LogP contribution in [0.4, 0.5) is 10.9 Å². The Bertz CT molecular complexity index is 538. The fraction of sp³-hybridized carbons (Fsp3) is 0.182. The minimum absolute atomic E-state index is 0.182. The number of hydrogen-bond acceptors (Lipinski definition) is 5. The minimum atomic E-state index is -0.182. The molecular weight excluding hydrogens is 236 g/mol. The van der Waals surface area contributed by atoms with Crippen molar-refractivity contribution in [1.82, 2.24) is 9.97 Å². The van der Waals surface area contributed by atoms with Crippen LogP contribution in [-0.2, 0) is 0 Å². The third-order valence-electron chi connectivity index (χ3n) is 2.12. The van der Waals surface area contributed by atoms with Crippen LogP contribution < -0.4 is 10.6 Å². The lowest BCUT2D eigenvalue weighted by atomic mass is 10.2. The number of amides is 1. The zero-order valence-electron chi connectivity index (χ0n) is 9.52. The first-order valence-corrected chi connectivity index (χ1v) is 5.94. The third-order valence-corrected chi connectivity index (χ3v) is 2.99. The van der Waals surface area contributed by atoms with Crippen LogP contribution in [0, 0.1) is 6.92 Å². The number of nitrogens with zero attached hydrogens (tertiary/aromatic N) is 2. The van der Waals surface area contributed by atoms with Crippen molar-refractivity contribution in [3.8, 4) is 0 Å². The second-order valence-corrected chi connectivity index (χ2v) is 4.29. The summed E-state index contributed by atoms with van der Waals surface area (Å²) in [5.74, 6) is 0.478. The molecule has 88 valence electrons. The molecule has 0 spiro atoms. The molecule has 0 aliphatic carbocycles. The molecule has 0 bridgehead atoms. The van der Waals surface area contributed by atoms with Crippen LogP contribution >= 0.6 is 11.3 Å². The predicted molar refractivity (Wildman–Crippen MR) is 68.6 cm³/mol. The summed E-state index contributed by atoms with van der Waals surface area (Å²) in [6.45, 7) is 1.89. The number of pyridine rings is 1. The molecule has 0 fully saturated rings. The summed E-state index contributed by atoms with van der Waals surface area (Å²) in [6, 6.07) is 3.35. The van der Waals surface area contributed by atoms with Gasteiger partial charge in [-0.25, -0.2) is 9.97 Å². The molecule has 2 rings (SSSR count). The van der Waals surface area contributed by atoms with E-state index in [0.717, 1.165) is 5.69 Å². The summed E-state index contributed by atoms with van der Waals surface area (Å²) in [7, 11) is 1.76. The van der Waals surface area contributed by atoms with Gasteiger partial charge < -0.3 is 5.32 Å². The van der Waals surface area contributed by atoms with Gasteiger partial charge in [0, 0.05) is 24.2 Å². The van der Waals surface area contributed by atoms with E-state index >= 15 is 0 Å². The van der Waals surface area contributed by atoms with E-state index in [4.69, 9.17) is 0 Å². The van der Waals surface area contributed by atoms with Crippen LogP contribution in [0.3, 0.4) is 0 Å². The van der Waals surface area contributed by atoms with Crippen LogP contribution in [-0.4, -0.2) is 22.9 Å². The predicted octanol–water partition coefficient (Wildman–Crippen LogP) is 2.14. The highest BCUT2D eigenvalue weighted by Crippen LogP contribution is 2.16. The van der Waals surface area contributed by atoms with Crippen molar-refractivity contribution < 1.29 is 4.79 Å². The highest BCUT2D eigenvalue weighted by atomic mass is 32.1. The number of aromatic nitrogens is 2. The molecule has 0 saturated heterocycles. The molecule has 1 amide bonds. The monoisotopic (exact) mass is 248 g/mol. The Morgan fingerprint density at radius 2 is 2.29 bits per heavy atom. The normalized spacial score (nSPS) is 10.0. The van der Waals surface area contributed by atoms with Gasteiger partial charge in [-0.3, -0.25) is 10.1 Å². The van der Waals surface area contributed by atoms with Gasteiger partial charge in [-0.1, -0.05) is 0 Å². The highest BCUT2D eigenvalue weighted by Gasteiger charge is 2.08. The van der Waals surface area contributed by atoms with E-state index < -0.39 is 0 Å². The van der Waals surface area contributed by atoms with E-state index in [1.165, 1.54) is 11.3 Å². The summed E-state index contributed by atoms with van der Waals surface area (Å²) in [5.41, 5.74) is 1.45. The fourth-order valence-electron chi connectivity index (χ4n) is 1.29. The molecule has 0 aliphatic rings. The summed E-state index contributed by atoms with van der Waals surface area (Å²) in [5, 5.41) is 8.13. The van der Waals surface area contributed by atoms with Crippen LogP contribution in [0.15, 0.2) is 23.7 Å². The quantitative estimate of drug-likeness (QED) is 0.873. The van der Waals surface area contributed by atoms with Gasteiger partial charge in [0.15, 0.2) is 5.13 Å². The molecule has 0 aliphatic heterocycles. The Balaban J connectivity index is 2.14. The zero-order valence-corrected chi connectivity index (χ0v) is 10.3. The standard InChI is InChI=1S/C11H12N4OS/c1-7-6-17-11(14-7)15-10(16)8-3-4-13-9(5-8)12-2/h3-6H,1-2H3,(H,12,13)(H,14,15,16). The van der Waals surface area contributed by atoms with Crippen molar-refractivity contribution in [2.45, 2.75) is 6.92 Å². The van der Waals surface area contributed by atoms with Crippen molar-refractivity contribution in [3.63, 3.8) is 0 Å². The maximum absolute atomic E-state index is 11.9. The van der Waals surface area contributed by atoms with Crippen LogP contribution in [0.1, 0.15) is 16.1 Å². The number of carbonyl (C=O) groups is 1. The Hall–Kier alpha value is -1.95. The van der Waals surface area contributed by atoms with Crippen molar-refractivity contribution in [2.24, 2.45) is 0 Å². The Morgan fingerprint density at radius 1 is 1.47 bits per heavy atom. The molecular formula is C11H12N4OS. The molecule has 0 radical (unpaired) electrons. The van der Waals surface area contributed by atoms with E-state index in [0.29, 0.717) is 16.5 Å². The van der Waals surface area contributed by atoms with Gasteiger partial charge in [-0.2, -0.15) is 0 Å². The SMILES string of the molecule is CNc1cc(C(=O)Nc2nc(C)cs2)ccn1. The van der Waals surface area contributed by atoms with Gasteiger partial charge in [0.1, 0.15) is 5.82 Å². The zero-order chi connectivity index (χ0) is 12.3. The second-order valence-electron chi connectivity index (χ2n) is 3.43. The lowest BCUT2D eigenvalue weighted by Gasteiger charge is -2.03.